The van der Waals surface area contributed by atoms with Gasteiger partial charge in [0.25, 0.3) is 0 Å². The lowest BCUT2D eigenvalue weighted by Crippen LogP contribution is -2.44. The van der Waals surface area contributed by atoms with E-state index in [0.717, 1.165) is 38.3 Å². The first-order chi connectivity index (χ1) is 10.1. The maximum atomic E-state index is 11.1. The molecule has 0 aromatic carbocycles. The lowest BCUT2D eigenvalue weighted by Gasteiger charge is -2.34. The Hall–Kier alpha value is -1.62. The quantitative estimate of drug-likeness (QED) is 0.869. The van der Waals surface area contributed by atoms with Gasteiger partial charge in [0.2, 0.25) is 5.91 Å². The number of pyridine rings is 1. The molecule has 5 heteroatoms. The van der Waals surface area contributed by atoms with Crippen molar-refractivity contribution in [1.82, 2.24) is 15.6 Å². The average molecular weight is 290 g/mol. The number of aromatic nitrogens is 1. The summed E-state index contributed by atoms with van der Waals surface area (Å²) in [6.45, 7) is 8.70. The molecular formula is C16H26N4O. The lowest BCUT2D eigenvalue weighted by atomic mass is 10.0. The van der Waals surface area contributed by atoms with E-state index in [4.69, 9.17) is 0 Å². The van der Waals surface area contributed by atoms with Gasteiger partial charge in [-0.15, -0.1) is 0 Å². The van der Waals surface area contributed by atoms with Crippen LogP contribution in [0.2, 0.25) is 0 Å². The second kappa shape index (κ2) is 7.41. The third-order valence-electron chi connectivity index (χ3n) is 4.00. The fraction of sp³-hybridized carbons (Fsp3) is 0.625. The monoisotopic (exact) mass is 290 g/mol. The van der Waals surface area contributed by atoms with Crippen molar-refractivity contribution in [2.75, 3.05) is 24.5 Å². The van der Waals surface area contributed by atoms with Crippen LogP contribution in [0.5, 0.6) is 0 Å². The van der Waals surface area contributed by atoms with Gasteiger partial charge in [0.1, 0.15) is 5.82 Å². The fourth-order valence-corrected chi connectivity index (χ4v) is 2.95. The highest BCUT2D eigenvalue weighted by Crippen LogP contribution is 2.26. The maximum Gasteiger partial charge on any atom is 0.217 e. The minimum atomic E-state index is 0.0627. The predicted molar refractivity (Wildman–Crippen MR) is 85.4 cm³/mol. The smallest absolute Gasteiger partial charge is 0.217 e. The molecule has 2 heterocycles. The highest BCUT2D eigenvalue weighted by atomic mass is 16.1. The van der Waals surface area contributed by atoms with E-state index >= 15 is 0 Å². The summed E-state index contributed by atoms with van der Waals surface area (Å²) >= 11 is 0. The van der Waals surface area contributed by atoms with Gasteiger partial charge in [-0.3, -0.25) is 4.79 Å². The summed E-state index contributed by atoms with van der Waals surface area (Å²) in [7, 11) is 0. The van der Waals surface area contributed by atoms with E-state index < -0.39 is 0 Å². The molecule has 1 atom stereocenters. The molecule has 0 bridgehead atoms. The molecule has 0 radical (unpaired) electrons. The van der Waals surface area contributed by atoms with E-state index in [1.807, 2.05) is 12.3 Å². The Labute approximate surface area is 127 Å². The molecule has 2 rings (SSSR count). The zero-order valence-corrected chi connectivity index (χ0v) is 13.2. The van der Waals surface area contributed by atoms with Crippen LogP contribution in [0.15, 0.2) is 18.3 Å². The second-order valence-corrected chi connectivity index (χ2v) is 5.66. The molecule has 1 aromatic rings. The molecule has 2 N–H and O–H groups in total. The number of hydrogen-bond acceptors (Lipinski definition) is 4. The normalized spacial score (nSPS) is 17.6. The van der Waals surface area contributed by atoms with Crippen molar-refractivity contribution >= 4 is 11.7 Å². The standard InChI is InChI=1S/C16H26N4O/c1-4-17-12(2)15-6-5-9-18-16(15)20-10-7-14(8-11-20)19-13(3)21/h5-6,9,12,14,17H,4,7-8,10-11H2,1-3H3,(H,19,21). The molecule has 1 aliphatic rings. The molecule has 1 saturated heterocycles. The molecule has 0 saturated carbocycles. The van der Waals surface area contributed by atoms with Crippen LogP contribution in [0.25, 0.3) is 0 Å². The number of rotatable bonds is 5. The topological polar surface area (TPSA) is 57.3 Å². The van der Waals surface area contributed by atoms with Gasteiger partial charge in [0.05, 0.1) is 0 Å². The molecule has 21 heavy (non-hydrogen) atoms. The SMILES string of the molecule is CCNC(C)c1cccnc1N1CCC(NC(C)=O)CC1. The third kappa shape index (κ3) is 4.17. The highest BCUT2D eigenvalue weighted by molar-refractivity contribution is 5.73. The number of carbonyl (C=O) groups is 1. The van der Waals surface area contributed by atoms with E-state index in [1.165, 1.54) is 5.56 Å². The van der Waals surface area contributed by atoms with Crippen LogP contribution in [0.3, 0.4) is 0 Å². The molecule has 116 valence electrons. The van der Waals surface area contributed by atoms with Crippen LogP contribution in [-0.4, -0.2) is 36.6 Å². The summed E-state index contributed by atoms with van der Waals surface area (Å²) < 4.78 is 0. The van der Waals surface area contributed by atoms with Crippen molar-refractivity contribution in [2.45, 2.75) is 45.7 Å². The number of amides is 1. The molecule has 1 amide bonds. The van der Waals surface area contributed by atoms with E-state index in [0.29, 0.717) is 12.1 Å². The van der Waals surface area contributed by atoms with Gasteiger partial charge in [0, 0.05) is 43.9 Å². The van der Waals surface area contributed by atoms with Crippen LogP contribution in [0.4, 0.5) is 5.82 Å². The van der Waals surface area contributed by atoms with Gasteiger partial charge in [-0.05, 0) is 32.4 Å². The summed E-state index contributed by atoms with van der Waals surface area (Å²) in [6.07, 6.45) is 3.81. The lowest BCUT2D eigenvalue weighted by molar-refractivity contribution is -0.119. The van der Waals surface area contributed by atoms with Crippen molar-refractivity contribution in [3.05, 3.63) is 23.9 Å². The number of hydrogen-bond donors (Lipinski definition) is 2. The molecule has 0 aliphatic carbocycles. The van der Waals surface area contributed by atoms with Gasteiger partial charge < -0.3 is 15.5 Å². The zero-order valence-electron chi connectivity index (χ0n) is 13.2. The Morgan fingerprint density at radius 3 is 2.81 bits per heavy atom. The number of carbonyl (C=O) groups excluding carboxylic acids is 1. The number of nitrogens with zero attached hydrogens (tertiary/aromatic N) is 2. The summed E-state index contributed by atoms with van der Waals surface area (Å²) in [4.78, 5) is 18.1. The minimum Gasteiger partial charge on any atom is -0.356 e. The number of piperidine rings is 1. The van der Waals surface area contributed by atoms with E-state index in [9.17, 15) is 4.79 Å². The molecule has 1 aromatic heterocycles. The zero-order chi connectivity index (χ0) is 15.2. The second-order valence-electron chi connectivity index (χ2n) is 5.66. The van der Waals surface area contributed by atoms with Crippen LogP contribution in [0.1, 0.15) is 45.2 Å². The van der Waals surface area contributed by atoms with E-state index in [1.54, 1.807) is 6.92 Å². The number of anilines is 1. The van der Waals surface area contributed by atoms with Gasteiger partial charge in [-0.1, -0.05) is 13.0 Å². The number of nitrogens with one attached hydrogen (secondary N) is 2. The van der Waals surface area contributed by atoms with Crippen molar-refractivity contribution in [3.63, 3.8) is 0 Å². The summed E-state index contributed by atoms with van der Waals surface area (Å²) in [5.41, 5.74) is 1.25. The van der Waals surface area contributed by atoms with Crippen molar-refractivity contribution in [1.29, 1.82) is 0 Å². The average Bonchev–Trinajstić information content (AvgIpc) is 2.48. The largest absolute Gasteiger partial charge is 0.356 e. The Morgan fingerprint density at radius 1 is 1.48 bits per heavy atom. The minimum absolute atomic E-state index is 0.0627. The fourth-order valence-electron chi connectivity index (χ4n) is 2.95. The molecule has 5 nitrogen and oxygen atoms in total. The van der Waals surface area contributed by atoms with Gasteiger partial charge >= 0.3 is 0 Å². The van der Waals surface area contributed by atoms with E-state index in [2.05, 4.69) is 40.4 Å². The van der Waals surface area contributed by atoms with Crippen molar-refractivity contribution in [3.8, 4) is 0 Å². The molecular weight excluding hydrogens is 264 g/mol. The van der Waals surface area contributed by atoms with Crippen LogP contribution >= 0.6 is 0 Å². The maximum absolute atomic E-state index is 11.1. The molecule has 1 aliphatic heterocycles. The van der Waals surface area contributed by atoms with Crippen molar-refractivity contribution < 1.29 is 4.79 Å². The van der Waals surface area contributed by atoms with Gasteiger partial charge in [-0.2, -0.15) is 0 Å². The van der Waals surface area contributed by atoms with E-state index in [-0.39, 0.29) is 5.91 Å². The van der Waals surface area contributed by atoms with Gasteiger partial charge in [0.15, 0.2) is 0 Å². The Morgan fingerprint density at radius 2 is 2.19 bits per heavy atom. The Balaban J connectivity index is 2.04. The predicted octanol–water partition coefficient (Wildman–Crippen LogP) is 1.86. The molecule has 1 unspecified atom stereocenters. The Kier molecular flexibility index (Phi) is 5.56. The Bertz CT molecular complexity index is 469. The summed E-state index contributed by atoms with van der Waals surface area (Å²) in [5, 5.41) is 6.47. The molecule has 0 spiro atoms. The summed E-state index contributed by atoms with van der Waals surface area (Å²) in [6, 6.07) is 4.75. The first-order valence-corrected chi connectivity index (χ1v) is 7.82. The summed E-state index contributed by atoms with van der Waals surface area (Å²) in [5.74, 6) is 1.14. The first kappa shape index (κ1) is 15.8. The van der Waals surface area contributed by atoms with Crippen LogP contribution in [-0.2, 0) is 4.79 Å². The van der Waals surface area contributed by atoms with Crippen LogP contribution in [0, 0.1) is 0 Å². The van der Waals surface area contributed by atoms with Gasteiger partial charge in [-0.25, -0.2) is 4.98 Å². The van der Waals surface area contributed by atoms with Crippen molar-refractivity contribution in [2.24, 2.45) is 0 Å². The van der Waals surface area contributed by atoms with Crippen LogP contribution < -0.4 is 15.5 Å². The first-order valence-electron chi connectivity index (χ1n) is 7.82. The third-order valence-corrected chi connectivity index (χ3v) is 4.00. The highest BCUT2D eigenvalue weighted by Gasteiger charge is 2.23. The molecule has 1 fully saturated rings.